The second-order valence-electron chi connectivity index (χ2n) is 5.49. The third-order valence-electron chi connectivity index (χ3n) is 3.79. The van der Waals surface area contributed by atoms with E-state index in [0.717, 1.165) is 19.3 Å². The predicted molar refractivity (Wildman–Crippen MR) is 76.9 cm³/mol. The van der Waals surface area contributed by atoms with Gasteiger partial charge in [0.2, 0.25) is 5.91 Å². The molecule has 0 spiro atoms. The van der Waals surface area contributed by atoms with Gasteiger partial charge in [0.1, 0.15) is 5.41 Å². The molecule has 1 saturated carbocycles. The van der Waals surface area contributed by atoms with Gasteiger partial charge in [-0.15, -0.1) is 11.3 Å². The van der Waals surface area contributed by atoms with E-state index in [1.165, 1.54) is 9.75 Å². The van der Waals surface area contributed by atoms with Gasteiger partial charge in [-0.3, -0.25) is 4.79 Å². The second kappa shape index (κ2) is 5.75. The number of carbonyl (C=O) groups excluding carboxylic acids is 1. The molecule has 0 saturated heterocycles. The van der Waals surface area contributed by atoms with Crippen molar-refractivity contribution in [2.45, 2.75) is 52.0 Å². The standard InChI is InChI=1S/C15H20N2OS/c1-11(9-13-6-5-12(2)19-13)17-14(18)15(10-16)7-3-4-8-15/h5-6,11H,3-4,7-9H2,1-2H3,(H,17,18). The monoisotopic (exact) mass is 276 g/mol. The second-order valence-corrected chi connectivity index (χ2v) is 6.86. The summed E-state index contributed by atoms with van der Waals surface area (Å²) in [6.45, 7) is 4.09. The quantitative estimate of drug-likeness (QED) is 0.918. The molecule has 3 nitrogen and oxygen atoms in total. The van der Waals surface area contributed by atoms with Gasteiger partial charge in [-0.05, 0) is 38.8 Å². The molecule has 1 atom stereocenters. The Labute approximate surface area is 118 Å². The number of nitriles is 1. The molecule has 0 radical (unpaired) electrons. The van der Waals surface area contributed by atoms with Crippen LogP contribution in [0.2, 0.25) is 0 Å². The number of hydrogen-bond donors (Lipinski definition) is 1. The van der Waals surface area contributed by atoms with Crippen molar-refractivity contribution in [3.8, 4) is 6.07 Å². The molecule has 0 aliphatic heterocycles. The molecule has 4 heteroatoms. The smallest absolute Gasteiger partial charge is 0.240 e. The van der Waals surface area contributed by atoms with Crippen LogP contribution < -0.4 is 5.32 Å². The maximum atomic E-state index is 12.3. The minimum absolute atomic E-state index is 0.0757. The topological polar surface area (TPSA) is 52.9 Å². The van der Waals surface area contributed by atoms with Gasteiger partial charge in [0.25, 0.3) is 0 Å². The summed E-state index contributed by atoms with van der Waals surface area (Å²) >= 11 is 1.76. The molecule has 1 aromatic rings. The fourth-order valence-corrected chi connectivity index (χ4v) is 3.70. The number of thiophene rings is 1. The first kappa shape index (κ1) is 14.1. The van der Waals surface area contributed by atoms with Crippen molar-refractivity contribution in [1.29, 1.82) is 5.26 Å². The highest BCUT2D eigenvalue weighted by molar-refractivity contribution is 7.11. The Balaban J connectivity index is 1.93. The Kier molecular flexibility index (Phi) is 4.26. The van der Waals surface area contributed by atoms with E-state index in [2.05, 4.69) is 30.4 Å². The Morgan fingerprint density at radius 2 is 2.21 bits per heavy atom. The molecule has 2 rings (SSSR count). The number of amides is 1. The highest BCUT2D eigenvalue weighted by Crippen LogP contribution is 2.37. The number of nitrogens with zero attached hydrogens (tertiary/aromatic N) is 1. The minimum Gasteiger partial charge on any atom is -0.352 e. The first-order valence-electron chi connectivity index (χ1n) is 6.83. The van der Waals surface area contributed by atoms with Gasteiger partial charge in [-0.1, -0.05) is 12.8 Å². The molecule has 1 aliphatic rings. The summed E-state index contributed by atoms with van der Waals surface area (Å²) in [4.78, 5) is 14.8. The van der Waals surface area contributed by atoms with Crippen molar-refractivity contribution in [3.63, 3.8) is 0 Å². The van der Waals surface area contributed by atoms with E-state index in [0.29, 0.717) is 12.8 Å². The third-order valence-corrected chi connectivity index (χ3v) is 4.81. The molecule has 0 aromatic carbocycles. The van der Waals surface area contributed by atoms with Crippen molar-refractivity contribution in [2.24, 2.45) is 5.41 Å². The van der Waals surface area contributed by atoms with Crippen LogP contribution in [0.25, 0.3) is 0 Å². The lowest BCUT2D eigenvalue weighted by Gasteiger charge is -2.22. The van der Waals surface area contributed by atoms with E-state index in [1.54, 1.807) is 11.3 Å². The number of hydrogen-bond acceptors (Lipinski definition) is 3. The SMILES string of the molecule is Cc1ccc(CC(C)NC(=O)C2(C#N)CCCC2)s1. The van der Waals surface area contributed by atoms with Gasteiger partial charge >= 0.3 is 0 Å². The molecule has 1 fully saturated rings. The van der Waals surface area contributed by atoms with Gasteiger partial charge < -0.3 is 5.32 Å². The summed E-state index contributed by atoms with van der Waals surface area (Å²) in [5.74, 6) is -0.0757. The molecule has 1 amide bonds. The fourth-order valence-electron chi connectivity index (χ4n) is 2.68. The van der Waals surface area contributed by atoms with E-state index in [4.69, 9.17) is 0 Å². The lowest BCUT2D eigenvalue weighted by Crippen LogP contribution is -2.43. The number of aryl methyl sites for hydroxylation is 1. The lowest BCUT2D eigenvalue weighted by atomic mass is 9.86. The van der Waals surface area contributed by atoms with Crippen LogP contribution in [0, 0.1) is 23.7 Å². The summed E-state index contributed by atoms with van der Waals surface area (Å²) in [6, 6.07) is 6.53. The van der Waals surface area contributed by atoms with Crippen LogP contribution in [-0.2, 0) is 11.2 Å². The van der Waals surface area contributed by atoms with Crippen molar-refractivity contribution in [3.05, 3.63) is 21.9 Å². The van der Waals surface area contributed by atoms with Crippen LogP contribution in [0.4, 0.5) is 0 Å². The van der Waals surface area contributed by atoms with Crippen LogP contribution in [0.15, 0.2) is 12.1 Å². The number of carbonyl (C=O) groups is 1. The Hall–Kier alpha value is -1.34. The fraction of sp³-hybridized carbons (Fsp3) is 0.600. The summed E-state index contributed by atoms with van der Waals surface area (Å²) in [5, 5.41) is 12.3. The van der Waals surface area contributed by atoms with Crippen molar-refractivity contribution >= 4 is 17.2 Å². The van der Waals surface area contributed by atoms with Gasteiger partial charge in [0, 0.05) is 22.2 Å². The van der Waals surface area contributed by atoms with Crippen molar-refractivity contribution < 1.29 is 4.79 Å². The first-order chi connectivity index (χ1) is 9.05. The molecule has 1 aliphatic carbocycles. The lowest BCUT2D eigenvalue weighted by molar-refractivity contribution is -0.128. The Morgan fingerprint density at radius 1 is 1.53 bits per heavy atom. The third kappa shape index (κ3) is 3.16. The molecule has 1 N–H and O–H groups in total. The van der Waals surface area contributed by atoms with Gasteiger partial charge in [0.15, 0.2) is 0 Å². The van der Waals surface area contributed by atoms with E-state index in [9.17, 15) is 10.1 Å². The number of rotatable bonds is 4. The average molecular weight is 276 g/mol. The zero-order valence-electron chi connectivity index (χ0n) is 11.5. The van der Waals surface area contributed by atoms with E-state index in [1.807, 2.05) is 6.92 Å². The van der Waals surface area contributed by atoms with E-state index >= 15 is 0 Å². The summed E-state index contributed by atoms with van der Waals surface area (Å²) in [6.07, 6.45) is 4.23. The molecular weight excluding hydrogens is 256 g/mol. The van der Waals surface area contributed by atoms with Crippen molar-refractivity contribution in [1.82, 2.24) is 5.32 Å². The van der Waals surface area contributed by atoms with Gasteiger partial charge in [0.05, 0.1) is 6.07 Å². The zero-order valence-corrected chi connectivity index (χ0v) is 12.3. The molecular formula is C15H20N2OS. The Morgan fingerprint density at radius 3 is 2.74 bits per heavy atom. The van der Waals surface area contributed by atoms with Crippen LogP contribution in [-0.4, -0.2) is 11.9 Å². The van der Waals surface area contributed by atoms with Crippen LogP contribution in [0.1, 0.15) is 42.4 Å². The average Bonchev–Trinajstić information content (AvgIpc) is 2.98. The molecule has 1 aromatic heterocycles. The van der Waals surface area contributed by atoms with E-state index < -0.39 is 5.41 Å². The first-order valence-corrected chi connectivity index (χ1v) is 7.65. The van der Waals surface area contributed by atoms with Crippen LogP contribution >= 0.6 is 11.3 Å². The maximum Gasteiger partial charge on any atom is 0.240 e. The molecule has 19 heavy (non-hydrogen) atoms. The minimum atomic E-state index is -0.764. The molecule has 102 valence electrons. The van der Waals surface area contributed by atoms with Gasteiger partial charge in [-0.25, -0.2) is 0 Å². The summed E-state index contributed by atoms with van der Waals surface area (Å²) in [5.41, 5.74) is -0.764. The highest BCUT2D eigenvalue weighted by atomic mass is 32.1. The van der Waals surface area contributed by atoms with Crippen LogP contribution in [0.5, 0.6) is 0 Å². The molecule has 1 heterocycles. The van der Waals surface area contributed by atoms with Crippen LogP contribution in [0.3, 0.4) is 0 Å². The normalized spacial score (nSPS) is 18.8. The Bertz CT molecular complexity index is 494. The zero-order chi connectivity index (χ0) is 13.9. The molecule has 0 bridgehead atoms. The molecule has 1 unspecified atom stereocenters. The largest absolute Gasteiger partial charge is 0.352 e. The summed E-state index contributed by atoms with van der Waals surface area (Å²) < 4.78 is 0. The number of nitrogens with one attached hydrogen (secondary N) is 1. The highest BCUT2D eigenvalue weighted by Gasteiger charge is 2.41. The van der Waals surface area contributed by atoms with Crippen molar-refractivity contribution in [2.75, 3.05) is 0 Å². The predicted octanol–water partition coefficient (Wildman–Crippen LogP) is 3.19. The van der Waals surface area contributed by atoms with E-state index in [-0.39, 0.29) is 11.9 Å². The summed E-state index contributed by atoms with van der Waals surface area (Å²) in [7, 11) is 0. The maximum absolute atomic E-state index is 12.3. The van der Waals surface area contributed by atoms with Gasteiger partial charge in [-0.2, -0.15) is 5.26 Å².